The maximum Gasteiger partial charge on any atom is 0.418 e. The smallest absolute Gasteiger partial charge is 0.418 e. The summed E-state index contributed by atoms with van der Waals surface area (Å²) in [4.78, 5) is 17.2. The molecule has 15 heteroatoms. The van der Waals surface area contributed by atoms with Crippen LogP contribution in [0.15, 0.2) is 18.3 Å². The molecule has 1 aromatic carbocycles. The maximum atomic E-state index is 16.5. The zero-order chi connectivity index (χ0) is 31.5. The van der Waals surface area contributed by atoms with E-state index in [0.29, 0.717) is 38.4 Å². The highest BCUT2D eigenvalue weighted by Crippen LogP contribution is 2.69. The highest BCUT2D eigenvalue weighted by Gasteiger charge is 2.77. The lowest BCUT2D eigenvalue weighted by molar-refractivity contribution is -0.137. The van der Waals surface area contributed by atoms with E-state index >= 15 is 4.39 Å². The normalized spacial score (nSPS) is 30.4. The molecule has 3 aromatic rings. The lowest BCUT2D eigenvalue weighted by atomic mass is 9.89. The van der Waals surface area contributed by atoms with E-state index in [-0.39, 0.29) is 60.7 Å². The Balaban J connectivity index is 1.23. The van der Waals surface area contributed by atoms with Gasteiger partial charge in [0.05, 0.1) is 39.1 Å². The Hall–Kier alpha value is -3.10. The molecule has 1 spiro atoms. The Morgan fingerprint density at radius 1 is 1.13 bits per heavy atom. The van der Waals surface area contributed by atoms with Crippen LogP contribution in [0.5, 0.6) is 6.01 Å². The van der Waals surface area contributed by atoms with Crippen LogP contribution in [-0.2, 0) is 10.9 Å². The zero-order valence-electron chi connectivity index (χ0n) is 23.9. The Morgan fingerprint density at radius 2 is 1.93 bits per heavy atom. The number of rotatable bonds is 5. The van der Waals surface area contributed by atoms with Crippen molar-refractivity contribution in [2.75, 3.05) is 43.5 Å². The number of alkyl halides is 5. The van der Waals surface area contributed by atoms with Crippen LogP contribution in [0.1, 0.15) is 44.1 Å². The standard InChI is InChI=1S/C30H29ClF6N6O2/c31-18-8-15(38)7-16(21(18)30(35,36)37)23-22(32)24-17(10-39-23)25(43-5-2-6-44-20-9-19(20)43)41-26(40-24)45-14-28-3-1-4-42(28)13-27(11-28)12-29(27,33)34/h7-8,10,19-20H,1-6,9,11-14,38H2/t19?,20?,27-,28-/m0/s1. The number of nitrogens with zero attached hydrogens (tertiary/aromatic N) is 5. The van der Waals surface area contributed by atoms with E-state index in [9.17, 15) is 22.0 Å². The van der Waals surface area contributed by atoms with Gasteiger partial charge in [0.15, 0.2) is 5.82 Å². The van der Waals surface area contributed by atoms with Crippen LogP contribution in [0, 0.1) is 11.2 Å². The molecule has 5 fully saturated rings. The number of nitrogens with two attached hydrogens (primary N) is 1. The molecule has 0 bridgehead atoms. The van der Waals surface area contributed by atoms with Crippen molar-refractivity contribution < 1.29 is 35.8 Å². The van der Waals surface area contributed by atoms with Crippen LogP contribution in [0.2, 0.25) is 5.02 Å². The topological polar surface area (TPSA) is 89.6 Å². The molecule has 2 aliphatic carbocycles. The molecular weight excluding hydrogens is 626 g/mol. The van der Waals surface area contributed by atoms with E-state index in [1.54, 1.807) is 0 Å². The number of benzene rings is 1. The molecule has 2 saturated carbocycles. The van der Waals surface area contributed by atoms with Crippen LogP contribution in [0.4, 0.5) is 37.8 Å². The molecule has 2 aromatic heterocycles. The van der Waals surface area contributed by atoms with Gasteiger partial charge >= 0.3 is 12.2 Å². The van der Waals surface area contributed by atoms with E-state index in [2.05, 4.69) is 19.9 Å². The molecule has 8 nitrogen and oxygen atoms in total. The van der Waals surface area contributed by atoms with Gasteiger partial charge in [0, 0.05) is 43.6 Å². The number of hydrogen-bond donors (Lipinski definition) is 1. The lowest BCUT2D eigenvalue weighted by Gasteiger charge is -2.31. The molecule has 3 saturated heterocycles. The molecule has 2 unspecified atom stereocenters. The number of nitrogen functional groups attached to an aromatic ring is 1. The van der Waals surface area contributed by atoms with Crippen molar-refractivity contribution in [1.29, 1.82) is 0 Å². The van der Waals surface area contributed by atoms with Gasteiger partial charge in [-0.3, -0.25) is 9.88 Å². The first-order valence-electron chi connectivity index (χ1n) is 15.0. The monoisotopic (exact) mass is 654 g/mol. The fourth-order valence-electron chi connectivity index (χ4n) is 7.81. The number of ether oxygens (including phenoxy) is 2. The minimum atomic E-state index is -4.93. The predicted molar refractivity (Wildman–Crippen MR) is 153 cm³/mol. The van der Waals surface area contributed by atoms with Crippen molar-refractivity contribution >= 4 is 34.0 Å². The van der Waals surface area contributed by atoms with Gasteiger partial charge in [-0.25, -0.2) is 13.2 Å². The zero-order valence-corrected chi connectivity index (χ0v) is 24.7. The molecular formula is C30H29ClF6N6O2. The summed E-state index contributed by atoms with van der Waals surface area (Å²) in [6.45, 7) is 2.07. The van der Waals surface area contributed by atoms with Gasteiger partial charge in [0.25, 0.3) is 5.92 Å². The third-order valence-electron chi connectivity index (χ3n) is 10.1. The summed E-state index contributed by atoms with van der Waals surface area (Å²) in [5, 5.41) is -0.496. The van der Waals surface area contributed by atoms with Crippen molar-refractivity contribution in [2.45, 2.75) is 68.3 Å². The molecule has 0 radical (unpaired) electrons. The van der Waals surface area contributed by atoms with Crippen LogP contribution < -0.4 is 15.4 Å². The van der Waals surface area contributed by atoms with Crippen molar-refractivity contribution in [3.8, 4) is 17.3 Å². The van der Waals surface area contributed by atoms with Gasteiger partial charge in [-0.05, 0) is 50.8 Å². The summed E-state index contributed by atoms with van der Waals surface area (Å²) >= 11 is 5.95. The van der Waals surface area contributed by atoms with Crippen LogP contribution in [0.25, 0.3) is 22.2 Å². The Morgan fingerprint density at radius 3 is 2.69 bits per heavy atom. The summed E-state index contributed by atoms with van der Waals surface area (Å²) < 4.78 is 99.5. The summed E-state index contributed by atoms with van der Waals surface area (Å²) in [5.74, 6) is -3.51. The summed E-state index contributed by atoms with van der Waals surface area (Å²) in [6.07, 6.45) is -0.664. The minimum absolute atomic E-state index is 0.0214. The number of aromatic nitrogens is 3. The second kappa shape index (κ2) is 9.71. The highest BCUT2D eigenvalue weighted by atomic mass is 35.5. The van der Waals surface area contributed by atoms with Gasteiger partial charge in [0.2, 0.25) is 0 Å². The van der Waals surface area contributed by atoms with Gasteiger partial charge in [-0.15, -0.1) is 0 Å². The maximum absolute atomic E-state index is 16.5. The first-order chi connectivity index (χ1) is 21.3. The molecule has 4 atom stereocenters. The van der Waals surface area contributed by atoms with Crippen LogP contribution in [0.3, 0.4) is 0 Å². The van der Waals surface area contributed by atoms with E-state index in [1.165, 1.54) is 6.20 Å². The van der Waals surface area contributed by atoms with Crippen molar-refractivity contribution in [1.82, 2.24) is 19.9 Å². The molecule has 8 rings (SSSR count). The van der Waals surface area contributed by atoms with Crippen molar-refractivity contribution in [2.24, 2.45) is 5.41 Å². The molecule has 45 heavy (non-hydrogen) atoms. The summed E-state index contributed by atoms with van der Waals surface area (Å²) in [6, 6.07) is 1.70. The average molecular weight is 655 g/mol. The second-order valence-electron chi connectivity index (χ2n) is 13.1. The number of fused-ring (bicyclic) bond motifs is 3. The molecule has 5 heterocycles. The first-order valence-corrected chi connectivity index (χ1v) is 15.4. The van der Waals surface area contributed by atoms with Gasteiger partial charge < -0.3 is 20.1 Å². The SMILES string of the molecule is Nc1cc(Cl)c(C(F)(F)F)c(-c2ncc3c(N4CCCOC5CC54)nc(OC[C@@]45CCCN4C[C@@]4(CC4(F)F)C5)nc3c2F)c1. The average Bonchev–Trinajstić information content (AvgIpc) is 3.74. The number of anilines is 2. The van der Waals surface area contributed by atoms with Crippen molar-refractivity contribution in [3.05, 3.63) is 34.7 Å². The minimum Gasteiger partial charge on any atom is -0.461 e. The number of hydrogen-bond acceptors (Lipinski definition) is 8. The van der Waals surface area contributed by atoms with Gasteiger partial charge in [-0.1, -0.05) is 11.6 Å². The van der Waals surface area contributed by atoms with E-state index in [0.717, 1.165) is 25.0 Å². The third-order valence-corrected chi connectivity index (χ3v) is 10.4. The van der Waals surface area contributed by atoms with E-state index in [4.69, 9.17) is 26.8 Å². The highest BCUT2D eigenvalue weighted by molar-refractivity contribution is 6.32. The molecule has 2 N–H and O–H groups in total. The first kappa shape index (κ1) is 29.3. The van der Waals surface area contributed by atoms with E-state index < -0.39 is 50.7 Å². The van der Waals surface area contributed by atoms with Crippen LogP contribution >= 0.6 is 11.6 Å². The predicted octanol–water partition coefficient (Wildman–Crippen LogP) is 6.10. The Kier molecular flexibility index (Phi) is 6.32. The summed E-state index contributed by atoms with van der Waals surface area (Å²) in [7, 11) is 0. The quantitative estimate of drug-likeness (QED) is 0.261. The fraction of sp³-hybridized carbons (Fsp3) is 0.567. The second-order valence-corrected chi connectivity index (χ2v) is 13.5. The Labute approximate surface area is 258 Å². The molecule has 240 valence electrons. The van der Waals surface area contributed by atoms with Crippen LogP contribution in [-0.4, -0.2) is 76.3 Å². The Bertz CT molecular complexity index is 1730. The fourth-order valence-corrected chi connectivity index (χ4v) is 8.15. The van der Waals surface area contributed by atoms with Crippen molar-refractivity contribution in [3.63, 3.8) is 0 Å². The van der Waals surface area contributed by atoms with Gasteiger partial charge in [-0.2, -0.15) is 23.1 Å². The molecule has 5 aliphatic rings. The molecule has 0 amide bonds. The molecule has 3 aliphatic heterocycles. The van der Waals surface area contributed by atoms with Gasteiger partial charge in [0.1, 0.15) is 23.6 Å². The lowest BCUT2D eigenvalue weighted by Crippen LogP contribution is -2.43. The third kappa shape index (κ3) is 4.61. The van der Waals surface area contributed by atoms with E-state index in [1.807, 2.05) is 4.90 Å². The number of halogens is 7. The largest absolute Gasteiger partial charge is 0.461 e. The summed E-state index contributed by atoms with van der Waals surface area (Å²) in [5.41, 5.74) is 1.23. The number of pyridine rings is 1.